The van der Waals surface area contributed by atoms with Crippen LogP contribution < -0.4 is 0 Å². The van der Waals surface area contributed by atoms with Crippen LogP contribution in [0.15, 0.2) is 60.8 Å². The highest BCUT2D eigenvalue weighted by atomic mass is 16.2. The van der Waals surface area contributed by atoms with Crippen LogP contribution in [-0.2, 0) is 17.9 Å². The highest BCUT2D eigenvalue weighted by Gasteiger charge is 2.24. The van der Waals surface area contributed by atoms with Crippen LogP contribution in [0.25, 0.3) is 10.9 Å². The van der Waals surface area contributed by atoms with Crippen molar-refractivity contribution >= 4 is 16.8 Å². The van der Waals surface area contributed by atoms with E-state index in [9.17, 15) is 4.79 Å². The molecule has 1 amide bonds. The van der Waals surface area contributed by atoms with Gasteiger partial charge in [-0.2, -0.15) is 0 Å². The number of hydrogen-bond acceptors (Lipinski definition) is 3. The SMILES string of the molecule is O=C(CCC1CCCN(Cc2c[nH]c3ccccc23)C1)N1CCN(Cc2ccccc2)CC1. The third-order valence-electron chi connectivity index (χ3n) is 7.41. The average Bonchev–Trinajstić information content (AvgIpc) is 3.27. The summed E-state index contributed by atoms with van der Waals surface area (Å²) in [6.45, 7) is 7.93. The molecule has 5 nitrogen and oxygen atoms in total. The monoisotopic (exact) mass is 444 g/mol. The maximum Gasteiger partial charge on any atom is 0.222 e. The van der Waals surface area contributed by atoms with E-state index in [1.165, 1.54) is 34.9 Å². The number of para-hydroxylation sites is 1. The van der Waals surface area contributed by atoms with Gasteiger partial charge in [-0.1, -0.05) is 48.5 Å². The molecule has 2 aliphatic heterocycles. The van der Waals surface area contributed by atoms with Gasteiger partial charge in [0.1, 0.15) is 0 Å². The summed E-state index contributed by atoms with van der Waals surface area (Å²) in [5.41, 5.74) is 3.96. The third kappa shape index (κ3) is 5.66. The number of H-pyrrole nitrogens is 1. The Bertz CT molecular complexity index is 1040. The van der Waals surface area contributed by atoms with E-state index < -0.39 is 0 Å². The van der Waals surface area contributed by atoms with E-state index in [1.807, 2.05) is 0 Å². The van der Waals surface area contributed by atoms with Crippen molar-refractivity contribution in [1.29, 1.82) is 0 Å². The van der Waals surface area contributed by atoms with Gasteiger partial charge in [0.15, 0.2) is 0 Å². The van der Waals surface area contributed by atoms with Crippen molar-refractivity contribution in [2.45, 2.75) is 38.8 Å². The summed E-state index contributed by atoms with van der Waals surface area (Å²) >= 11 is 0. The second-order valence-electron chi connectivity index (χ2n) is 9.78. The third-order valence-corrected chi connectivity index (χ3v) is 7.41. The molecule has 5 rings (SSSR count). The summed E-state index contributed by atoms with van der Waals surface area (Å²) in [5.74, 6) is 0.982. The molecule has 1 unspecified atom stereocenters. The molecule has 2 aromatic carbocycles. The van der Waals surface area contributed by atoms with Gasteiger partial charge in [-0.05, 0) is 48.9 Å². The van der Waals surface area contributed by atoms with Gasteiger partial charge in [0.25, 0.3) is 0 Å². The fraction of sp³-hybridized carbons (Fsp3) is 0.464. The van der Waals surface area contributed by atoms with Crippen LogP contribution in [-0.4, -0.2) is 64.9 Å². The number of nitrogens with one attached hydrogen (secondary N) is 1. The van der Waals surface area contributed by atoms with E-state index in [4.69, 9.17) is 0 Å². The highest BCUT2D eigenvalue weighted by Crippen LogP contribution is 2.25. The first-order chi connectivity index (χ1) is 16.2. The van der Waals surface area contributed by atoms with Gasteiger partial charge in [-0.15, -0.1) is 0 Å². The zero-order valence-corrected chi connectivity index (χ0v) is 19.6. The molecule has 2 fully saturated rings. The molecule has 0 radical (unpaired) electrons. The number of aromatic amines is 1. The molecular weight excluding hydrogens is 408 g/mol. The first-order valence-corrected chi connectivity index (χ1v) is 12.6. The number of aromatic nitrogens is 1. The Hall–Kier alpha value is -2.63. The number of amides is 1. The first kappa shape index (κ1) is 22.2. The smallest absolute Gasteiger partial charge is 0.222 e. The summed E-state index contributed by atoms with van der Waals surface area (Å²) in [5, 5.41) is 1.33. The molecule has 0 bridgehead atoms. The molecule has 1 atom stereocenters. The number of fused-ring (bicyclic) bond motifs is 1. The lowest BCUT2D eigenvalue weighted by Crippen LogP contribution is -2.48. The van der Waals surface area contributed by atoms with Gasteiger partial charge in [0.2, 0.25) is 5.91 Å². The number of hydrogen-bond donors (Lipinski definition) is 1. The molecule has 1 N–H and O–H groups in total. The van der Waals surface area contributed by atoms with Gasteiger partial charge >= 0.3 is 0 Å². The maximum atomic E-state index is 12.9. The number of piperidine rings is 1. The van der Waals surface area contributed by atoms with Gasteiger partial charge in [-0.25, -0.2) is 0 Å². The molecule has 3 heterocycles. The standard InChI is InChI=1S/C28H36N4O/c33-28(32-17-15-30(16-18-32)20-23-7-2-1-3-8-23)13-12-24-9-6-14-31(21-24)22-25-19-29-27-11-5-4-10-26(25)27/h1-5,7-8,10-11,19,24,29H,6,9,12-18,20-22H2. The Kier molecular flexibility index (Phi) is 7.08. The summed E-state index contributed by atoms with van der Waals surface area (Å²) in [4.78, 5) is 23.4. The number of rotatable bonds is 7. The fourth-order valence-electron chi connectivity index (χ4n) is 5.52. The summed E-state index contributed by atoms with van der Waals surface area (Å²) in [7, 11) is 0. The molecule has 1 aromatic heterocycles. The molecule has 174 valence electrons. The topological polar surface area (TPSA) is 42.6 Å². The van der Waals surface area contributed by atoms with Crippen molar-refractivity contribution in [2.75, 3.05) is 39.3 Å². The Balaban J connectivity index is 1.06. The predicted molar refractivity (Wildman–Crippen MR) is 134 cm³/mol. The van der Waals surface area contributed by atoms with Crippen molar-refractivity contribution in [3.63, 3.8) is 0 Å². The average molecular weight is 445 g/mol. The first-order valence-electron chi connectivity index (χ1n) is 12.6. The minimum Gasteiger partial charge on any atom is -0.361 e. The van der Waals surface area contributed by atoms with Crippen LogP contribution in [0.4, 0.5) is 0 Å². The van der Waals surface area contributed by atoms with Crippen LogP contribution in [0.1, 0.15) is 36.8 Å². The van der Waals surface area contributed by atoms with Crippen molar-refractivity contribution in [3.05, 3.63) is 71.9 Å². The Morgan fingerprint density at radius 2 is 1.67 bits per heavy atom. The summed E-state index contributed by atoms with van der Waals surface area (Å²) in [6.07, 6.45) is 6.37. The zero-order valence-electron chi connectivity index (χ0n) is 19.6. The van der Waals surface area contributed by atoms with Crippen molar-refractivity contribution in [1.82, 2.24) is 19.7 Å². The highest BCUT2D eigenvalue weighted by molar-refractivity contribution is 5.83. The van der Waals surface area contributed by atoms with Crippen molar-refractivity contribution in [2.24, 2.45) is 5.92 Å². The number of likely N-dealkylation sites (tertiary alicyclic amines) is 1. The second-order valence-corrected chi connectivity index (χ2v) is 9.78. The zero-order chi connectivity index (χ0) is 22.5. The fourth-order valence-corrected chi connectivity index (χ4v) is 5.52. The predicted octanol–water partition coefficient (Wildman–Crippen LogP) is 4.50. The quantitative estimate of drug-likeness (QED) is 0.583. The van der Waals surface area contributed by atoms with E-state index in [0.717, 1.165) is 58.8 Å². The molecule has 2 aliphatic rings. The summed E-state index contributed by atoms with van der Waals surface area (Å²) in [6, 6.07) is 19.2. The number of nitrogens with zero attached hydrogens (tertiary/aromatic N) is 3. The number of piperazine rings is 1. The van der Waals surface area contributed by atoms with Gasteiger partial charge < -0.3 is 9.88 Å². The van der Waals surface area contributed by atoms with Crippen LogP contribution in [0.2, 0.25) is 0 Å². The molecule has 5 heteroatoms. The van der Waals surface area contributed by atoms with Crippen molar-refractivity contribution < 1.29 is 4.79 Å². The second kappa shape index (κ2) is 10.5. The van der Waals surface area contributed by atoms with E-state index in [2.05, 4.69) is 80.5 Å². The minimum atomic E-state index is 0.350. The normalized spacial score (nSPS) is 20.4. The Labute approximate surface area is 197 Å². The molecule has 0 aliphatic carbocycles. The Morgan fingerprint density at radius 1 is 0.879 bits per heavy atom. The Morgan fingerprint density at radius 3 is 2.52 bits per heavy atom. The minimum absolute atomic E-state index is 0.350. The maximum absolute atomic E-state index is 12.9. The molecular formula is C28H36N4O. The lowest BCUT2D eigenvalue weighted by Gasteiger charge is -2.36. The molecule has 33 heavy (non-hydrogen) atoms. The summed E-state index contributed by atoms with van der Waals surface area (Å²) < 4.78 is 0. The molecule has 0 spiro atoms. The van der Waals surface area contributed by atoms with E-state index in [-0.39, 0.29) is 0 Å². The van der Waals surface area contributed by atoms with Gasteiger partial charge in [-0.3, -0.25) is 14.6 Å². The van der Waals surface area contributed by atoms with E-state index >= 15 is 0 Å². The van der Waals surface area contributed by atoms with E-state index in [1.54, 1.807) is 0 Å². The number of carbonyl (C=O) groups excluding carboxylic acids is 1. The van der Waals surface area contributed by atoms with Gasteiger partial charge in [0, 0.05) is 69.3 Å². The van der Waals surface area contributed by atoms with Crippen LogP contribution in [0.3, 0.4) is 0 Å². The van der Waals surface area contributed by atoms with Gasteiger partial charge in [0.05, 0.1) is 0 Å². The van der Waals surface area contributed by atoms with Crippen LogP contribution in [0.5, 0.6) is 0 Å². The molecule has 3 aromatic rings. The number of benzene rings is 2. The lowest BCUT2D eigenvalue weighted by molar-refractivity contribution is -0.133. The van der Waals surface area contributed by atoms with Crippen LogP contribution in [0, 0.1) is 5.92 Å². The van der Waals surface area contributed by atoms with Crippen LogP contribution >= 0.6 is 0 Å². The largest absolute Gasteiger partial charge is 0.361 e. The molecule has 0 saturated carbocycles. The molecule has 2 saturated heterocycles. The number of carbonyl (C=O) groups is 1. The van der Waals surface area contributed by atoms with E-state index in [0.29, 0.717) is 18.2 Å². The lowest BCUT2D eigenvalue weighted by atomic mass is 9.92. The van der Waals surface area contributed by atoms with Crippen molar-refractivity contribution in [3.8, 4) is 0 Å².